The molecule has 194 valence electrons. The topological polar surface area (TPSA) is 106 Å². The zero-order valence-electron chi connectivity index (χ0n) is 20.6. The highest BCUT2D eigenvalue weighted by atomic mass is 35.5. The van der Waals surface area contributed by atoms with Crippen molar-refractivity contribution >= 4 is 35.8 Å². The third-order valence-corrected chi connectivity index (χ3v) is 8.27. The minimum atomic E-state index is -2.82. The Morgan fingerprint density at radius 3 is 2.77 bits per heavy atom. The molecule has 2 aromatic rings. The van der Waals surface area contributed by atoms with Crippen LogP contribution in [0.15, 0.2) is 12.4 Å². The summed E-state index contributed by atoms with van der Waals surface area (Å²) in [6.07, 6.45) is 4.70. The molecule has 0 radical (unpaired) electrons. The molecule has 2 saturated heterocycles. The van der Waals surface area contributed by atoms with E-state index in [-0.39, 0.29) is 19.1 Å². The molecule has 35 heavy (non-hydrogen) atoms. The van der Waals surface area contributed by atoms with Gasteiger partial charge in [0.2, 0.25) is 7.37 Å². The first-order valence-corrected chi connectivity index (χ1v) is 14.9. The summed E-state index contributed by atoms with van der Waals surface area (Å²) in [5.74, 6) is -0.780. The fourth-order valence-electron chi connectivity index (χ4n) is 5.22. The summed E-state index contributed by atoms with van der Waals surface area (Å²) in [6, 6.07) is 2.24. The molecule has 1 aliphatic carbocycles. The lowest BCUT2D eigenvalue weighted by atomic mass is 10.1. The minimum Gasteiger partial charge on any atom is -0.380 e. The van der Waals surface area contributed by atoms with Crippen LogP contribution in [-0.4, -0.2) is 70.9 Å². The van der Waals surface area contributed by atoms with Crippen molar-refractivity contribution in [3.8, 4) is 0 Å². The Labute approximate surface area is 210 Å². The molecule has 3 fully saturated rings. The number of imidazole rings is 1. The van der Waals surface area contributed by atoms with Crippen molar-refractivity contribution in [1.82, 2.24) is 14.5 Å². The number of nitrogens with one attached hydrogen (secondary N) is 1. The highest BCUT2D eigenvalue weighted by Crippen LogP contribution is 2.46. The first kappa shape index (κ1) is 25.4. The van der Waals surface area contributed by atoms with Crippen molar-refractivity contribution < 1.29 is 28.0 Å². The minimum absolute atomic E-state index is 0.00830. The zero-order valence-corrected chi connectivity index (χ0v) is 22.3. The average Bonchev–Trinajstić information content (AvgIpc) is 3.53. The van der Waals surface area contributed by atoms with E-state index in [1.54, 1.807) is 13.0 Å². The van der Waals surface area contributed by atoms with Crippen molar-refractivity contribution in [2.45, 2.75) is 82.8 Å². The van der Waals surface area contributed by atoms with Gasteiger partial charge >= 0.3 is 0 Å². The maximum absolute atomic E-state index is 12.4. The fourth-order valence-corrected chi connectivity index (χ4v) is 6.47. The molecule has 5 rings (SSSR count). The van der Waals surface area contributed by atoms with Gasteiger partial charge in [0.05, 0.1) is 25.2 Å². The summed E-state index contributed by atoms with van der Waals surface area (Å²) in [5.41, 5.74) is 2.23. The molecule has 10 nitrogen and oxygen atoms in total. The molecular weight excluding hydrogens is 495 g/mol. The number of hydrogen-bond acceptors (Lipinski definition) is 9. The van der Waals surface area contributed by atoms with Gasteiger partial charge in [0.1, 0.15) is 35.3 Å². The second-order valence-corrected chi connectivity index (χ2v) is 12.9. The SMILES string of the molecule is CCOP(C)(=O)COC[C@H]1O[C@@H](n2cnc3c(NC4CCCC4)cc(Cl)nc32)[C@@H]2OC(C)(C)O[C@@H]21. The Kier molecular flexibility index (Phi) is 7.18. The maximum Gasteiger partial charge on any atom is 0.225 e. The Hall–Kier alpha value is -1.26. The Balaban J connectivity index is 1.39. The molecule has 12 heteroatoms. The number of ether oxygens (including phenoxy) is 4. The summed E-state index contributed by atoms with van der Waals surface area (Å²) >= 11 is 6.42. The standard InChI is InChI=1S/C23H34ClN4O6P/c1-5-31-35(4,29)13-30-11-16-19-20(34-23(2,3)33-19)22(32-16)28-12-25-18-15(10-17(24)27-21(18)28)26-14-8-6-7-9-14/h10,12,14,16,19-20,22H,5-9,11,13H2,1-4H3,(H,26,27)/t16-,19-,20-,22-,35?/m1/s1. The van der Waals surface area contributed by atoms with Crippen LogP contribution in [0.3, 0.4) is 0 Å². The largest absolute Gasteiger partial charge is 0.380 e. The van der Waals surface area contributed by atoms with Crippen LogP contribution < -0.4 is 5.32 Å². The van der Waals surface area contributed by atoms with E-state index >= 15 is 0 Å². The van der Waals surface area contributed by atoms with E-state index in [1.807, 2.05) is 31.4 Å². The Bertz CT molecular complexity index is 1110. The quantitative estimate of drug-likeness (QED) is 0.363. The van der Waals surface area contributed by atoms with Gasteiger partial charge in [-0.15, -0.1) is 0 Å². The summed E-state index contributed by atoms with van der Waals surface area (Å²) in [5, 5.41) is 3.98. The molecule has 0 bridgehead atoms. The van der Waals surface area contributed by atoms with Crippen molar-refractivity contribution in [1.29, 1.82) is 0 Å². The van der Waals surface area contributed by atoms with Crippen LogP contribution in [0.5, 0.6) is 0 Å². The smallest absolute Gasteiger partial charge is 0.225 e. The van der Waals surface area contributed by atoms with E-state index in [0.29, 0.717) is 23.4 Å². The second-order valence-electron chi connectivity index (χ2n) is 10.0. The van der Waals surface area contributed by atoms with E-state index in [1.165, 1.54) is 12.8 Å². The van der Waals surface area contributed by atoms with Gasteiger partial charge in [-0.1, -0.05) is 24.4 Å². The molecular formula is C23H34ClN4O6P. The number of halogens is 1. The normalized spacial score (nSPS) is 30.1. The lowest BCUT2D eigenvalue weighted by molar-refractivity contribution is -0.201. The molecule has 2 aliphatic heterocycles. The zero-order chi connectivity index (χ0) is 24.8. The molecule has 4 heterocycles. The van der Waals surface area contributed by atoms with Gasteiger partial charge in [0.15, 0.2) is 17.7 Å². The van der Waals surface area contributed by atoms with E-state index in [2.05, 4.69) is 15.3 Å². The molecule has 1 N–H and O–H groups in total. The van der Waals surface area contributed by atoms with Crippen molar-refractivity contribution in [2.75, 3.05) is 31.5 Å². The molecule has 0 aromatic carbocycles. The van der Waals surface area contributed by atoms with Gasteiger partial charge in [-0.3, -0.25) is 9.13 Å². The highest BCUT2D eigenvalue weighted by molar-refractivity contribution is 7.57. The van der Waals surface area contributed by atoms with Crippen LogP contribution in [0.1, 0.15) is 52.7 Å². The first-order chi connectivity index (χ1) is 16.7. The van der Waals surface area contributed by atoms with E-state index in [0.717, 1.165) is 24.0 Å². The van der Waals surface area contributed by atoms with Crippen molar-refractivity contribution in [3.05, 3.63) is 17.5 Å². The van der Waals surface area contributed by atoms with Crippen LogP contribution in [0.25, 0.3) is 11.2 Å². The Morgan fingerprint density at radius 2 is 2.03 bits per heavy atom. The van der Waals surface area contributed by atoms with Gasteiger partial charge < -0.3 is 28.8 Å². The monoisotopic (exact) mass is 528 g/mol. The molecule has 1 saturated carbocycles. The summed E-state index contributed by atoms with van der Waals surface area (Å²) in [4.78, 5) is 9.23. The molecule has 0 spiro atoms. The van der Waals surface area contributed by atoms with E-state index in [9.17, 15) is 4.57 Å². The van der Waals surface area contributed by atoms with Gasteiger partial charge in [0.25, 0.3) is 0 Å². The van der Waals surface area contributed by atoms with Crippen molar-refractivity contribution in [2.24, 2.45) is 0 Å². The fraction of sp³-hybridized carbons (Fsp3) is 0.739. The second kappa shape index (κ2) is 9.89. The van der Waals surface area contributed by atoms with E-state index in [4.69, 9.17) is 35.1 Å². The molecule has 0 amide bonds. The average molecular weight is 529 g/mol. The van der Waals surface area contributed by atoms with Gasteiger partial charge in [-0.05, 0) is 33.6 Å². The van der Waals surface area contributed by atoms with Crippen LogP contribution in [0.2, 0.25) is 5.15 Å². The summed E-state index contributed by atoms with van der Waals surface area (Å²) in [7, 11) is -2.82. The third-order valence-electron chi connectivity index (χ3n) is 6.62. The number of anilines is 1. The van der Waals surface area contributed by atoms with Crippen LogP contribution in [0, 0.1) is 0 Å². The molecule has 1 unspecified atom stereocenters. The van der Waals surface area contributed by atoms with Gasteiger partial charge in [0, 0.05) is 18.8 Å². The number of pyridine rings is 1. The number of nitrogens with zero attached hydrogens (tertiary/aromatic N) is 3. The van der Waals surface area contributed by atoms with Gasteiger partial charge in [-0.25, -0.2) is 9.97 Å². The van der Waals surface area contributed by atoms with Gasteiger partial charge in [-0.2, -0.15) is 0 Å². The first-order valence-electron chi connectivity index (χ1n) is 12.3. The lowest BCUT2D eigenvalue weighted by Gasteiger charge is -2.25. The molecule has 5 atom stereocenters. The third kappa shape index (κ3) is 5.39. The predicted octanol–water partition coefficient (Wildman–Crippen LogP) is 4.78. The van der Waals surface area contributed by atoms with Crippen molar-refractivity contribution in [3.63, 3.8) is 0 Å². The lowest BCUT2D eigenvalue weighted by Crippen LogP contribution is -2.33. The van der Waals surface area contributed by atoms with Crippen LogP contribution in [0.4, 0.5) is 5.69 Å². The Morgan fingerprint density at radius 1 is 1.29 bits per heavy atom. The number of hydrogen-bond donors (Lipinski definition) is 1. The predicted molar refractivity (Wildman–Crippen MR) is 132 cm³/mol. The molecule has 2 aromatic heterocycles. The van der Waals surface area contributed by atoms with E-state index < -0.39 is 31.6 Å². The summed E-state index contributed by atoms with van der Waals surface area (Å²) in [6.45, 7) is 7.69. The highest BCUT2D eigenvalue weighted by Gasteiger charge is 2.56. The number of rotatable bonds is 9. The summed E-state index contributed by atoms with van der Waals surface area (Å²) < 4.78 is 44.1. The maximum atomic E-state index is 12.4. The number of fused-ring (bicyclic) bond motifs is 2. The van der Waals surface area contributed by atoms with Crippen LogP contribution in [-0.2, 0) is 28.0 Å². The molecule has 3 aliphatic rings. The number of aromatic nitrogens is 3. The van der Waals surface area contributed by atoms with Crippen LogP contribution >= 0.6 is 19.0 Å².